The zero-order chi connectivity index (χ0) is 14.2. The van der Waals surface area contributed by atoms with Crippen LogP contribution >= 0.6 is 0 Å². The van der Waals surface area contributed by atoms with Gasteiger partial charge < -0.3 is 14.1 Å². The smallest absolute Gasteiger partial charge is 0.118 e. The molecule has 1 aromatic rings. The van der Waals surface area contributed by atoms with Gasteiger partial charge in [0.15, 0.2) is 0 Å². The van der Waals surface area contributed by atoms with Crippen molar-refractivity contribution >= 4 is 0 Å². The average molecular weight is 278 g/mol. The highest BCUT2D eigenvalue weighted by Crippen LogP contribution is 2.37. The first kappa shape index (κ1) is 14.1. The Labute approximate surface area is 121 Å². The minimum Gasteiger partial charge on any atom is -0.465 e. The summed E-state index contributed by atoms with van der Waals surface area (Å²) in [6, 6.07) is 4.73. The molecule has 1 atom stereocenters. The third-order valence-electron chi connectivity index (χ3n) is 4.86. The van der Waals surface area contributed by atoms with E-state index in [1.165, 1.54) is 6.42 Å². The van der Waals surface area contributed by atoms with Crippen LogP contribution in [0.1, 0.15) is 30.8 Å². The number of piperidine rings is 1. The quantitative estimate of drug-likeness (QED) is 0.848. The number of furan rings is 1. The van der Waals surface area contributed by atoms with Crippen molar-refractivity contribution < 1.29 is 9.15 Å². The molecule has 0 unspecified atom stereocenters. The second kappa shape index (κ2) is 5.51. The topological polar surface area (TPSA) is 28.9 Å². The lowest BCUT2D eigenvalue weighted by Crippen LogP contribution is -2.44. The standard InChI is InChI=1S/C16H26N2O2/c1-13-4-5-15(20-13)11-18-8-6-16(7-9-18)10-14(12-19-16)17(2)3/h4-5,14H,6-12H2,1-3H3/t14-/m0/s1. The molecule has 3 heterocycles. The fourth-order valence-electron chi connectivity index (χ4n) is 3.41. The van der Waals surface area contributed by atoms with Crippen molar-refractivity contribution in [1.82, 2.24) is 9.80 Å². The molecule has 4 heteroatoms. The minimum absolute atomic E-state index is 0.143. The van der Waals surface area contributed by atoms with Crippen LogP contribution in [0.4, 0.5) is 0 Å². The summed E-state index contributed by atoms with van der Waals surface area (Å²) in [6.07, 6.45) is 3.49. The van der Waals surface area contributed by atoms with Gasteiger partial charge in [0.25, 0.3) is 0 Å². The van der Waals surface area contributed by atoms with Crippen LogP contribution in [0.25, 0.3) is 0 Å². The highest BCUT2D eigenvalue weighted by atomic mass is 16.5. The van der Waals surface area contributed by atoms with Crippen LogP contribution in [-0.4, -0.2) is 55.2 Å². The van der Waals surface area contributed by atoms with Gasteiger partial charge in [-0.2, -0.15) is 0 Å². The number of hydrogen-bond acceptors (Lipinski definition) is 4. The first-order chi connectivity index (χ1) is 9.56. The number of likely N-dealkylation sites (tertiary alicyclic amines) is 1. The molecule has 0 aliphatic carbocycles. The third-order valence-corrected chi connectivity index (χ3v) is 4.86. The van der Waals surface area contributed by atoms with Gasteiger partial charge in [-0.1, -0.05) is 0 Å². The molecule has 0 amide bonds. The number of ether oxygens (including phenoxy) is 1. The van der Waals surface area contributed by atoms with Crippen molar-refractivity contribution in [3.05, 3.63) is 23.7 Å². The molecule has 4 nitrogen and oxygen atoms in total. The van der Waals surface area contributed by atoms with Gasteiger partial charge in [0.05, 0.1) is 18.8 Å². The summed E-state index contributed by atoms with van der Waals surface area (Å²) in [7, 11) is 4.31. The van der Waals surface area contributed by atoms with Crippen molar-refractivity contribution in [2.45, 2.75) is 44.4 Å². The van der Waals surface area contributed by atoms with Gasteiger partial charge in [-0.25, -0.2) is 0 Å². The molecule has 0 radical (unpaired) electrons. The molecule has 112 valence electrons. The van der Waals surface area contributed by atoms with E-state index in [2.05, 4.69) is 30.0 Å². The van der Waals surface area contributed by atoms with E-state index in [4.69, 9.17) is 9.15 Å². The molecule has 0 saturated carbocycles. The molecule has 3 rings (SSSR count). The molecule has 2 saturated heterocycles. The van der Waals surface area contributed by atoms with Crippen molar-refractivity contribution in [3.63, 3.8) is 0 Å². The maximum Gasteiger partial charge on any atom is 0.118 e. The Kier molecular flexibility index (Phi) is 3.89. The van der Waals surface area contributed by atoms with Gasteiger partial charge in [0.2, 0.25) is 0 Å². The van der Waals surface area contributed by atoms with Gasteiger partial charge in [-0.15, -0.1) is 0 Å². The Morgan fingerprint density at radius 1 is 1.30 bits per heavy atom. The highest BCUT2D eigenvalue weighted by Gasteiger charge is 2.43. The van der Waals surface area contributed by atoms with Gasteiger partial charge in [-0.3, -0.25) is 4.90 Å². The van der Waals surface area contributed by atoms with Gasteiger partial charge in [-0.05, 0) is 52.4 Å². The van der Waals surface area contributed by atoms with Gasteiger partial charge in [0, 0.05) is 19.1 Å². The Bertz CT molecular complexity index is 447. The fraction of sp³-hybridized carbons (Fsp3) is 0.750. The molecule has 20 heavy (non-hydrogen) atoms. The maximum absolute atomic E-state index is 6.17. The average Bonchev–Trinajstić information content (AvgIpc) is 3.00. The molecule has 0 aromatic carbocycles. The van der Waals surface area contributed by atoms with E-state index in [1.807, 2.05) is 13.0 Å². The first-order valence-corrected chi connectivity index (χ1v) is 7.64. The normalized spacial score (nSPS) is 26.7. The molecule has 1 aromatic heterocycles. The van der Waals surface area contributed by atoms with Crippen molar-refractivity contribution in [3.8, 4) is 0 Å². The molecule has 2 fully saturated rings. The molecule has 0 N–H and O–H groups in total. The maximum atomic E-state index is 6.17. The van der Waals surface area contributed by atoms with Crippen LogP contribution in [0.3, 0.4) is 0 Å². The van der Waals surface area contributed by atoms with Crippen molar-refractivity contribution in [2.75, 3.05) is 33.8 Å². The number of hydrogen-bond donors (Lipinski definition) is 0. The van der Waals surface area contributed by atoms with Gasteiger partial charge in [0.1, 0.15) is 11.5 Å². The predicted octanol–water partition coefficient (Wildman–Crippen LogP) is 2.27. The van der Waals surface area contributed by atoms with Crippen molar-refractivity contribution in [2.24, 2.45) is 0 Å². The summed E-state index contributed by atoms with van der Waals surface area (Å²) in [4.78, 5) is 4.78. The summed E-state index contributed by atoms with van der Waals surface area (Å²) in [5, 5.41) is 0. The molecule has 0 bridgehead atoms. The fourth-order valence-corrected chi connectivity index (χ4v) is 3.41. The number of nitrogens with zero attached hydrogens (tertiary/aromatic N) is 2. The van der Waals surface area contributed by atoms with Crippen LogP contribution in [0.15, 0.2) is 16.5 Å². The zero-order valence-electron chi connectivity index (χ0n) is 12.9. The minimum atomic E-state index is 0.143. The largest absolute Gasteiger partial charge is 0.465 e. The Morgan fingerprint density at radius 3 is 2.60 bits per heavy atom. The van der Waals surface area contributed by atoms with E-state index in [-0.39, 0.29) is 5.60 Å². The Hall–Kier alpha value is -0.840. The predicted molar refractivity (Wildman–Crippen MR) is 78.7 cm³/mol. The monoisotopic (exact) mass is 278 g/mol. The number of rotatable bonds is 3. The number of likely N-dealkylation sites (N-methyl/N-ethyl adjacent to an activating group) is 1. The van der Waals surface area contributed by atoms with E-state index >= 15 is 0 Å². The summed E-state index contributed by atoms with van der Waals surface area (Å²) in [5.41, 5.74) is 0.143. The number of aryl methyl sites for hydroxylation is 1. The lowest BCUT2D eigenvalue weighted by Gasteiger charge is -2.38. The molecular weight excluding hydrogens is 252 g/mol. The highest BCUT2D eigenvalue weighted by molar-refractivity contribution is 5.06. The lowest BCUT2D eigenvalue weighted by molar-refractivity contribution is -0.0460. The van der Waals surface area contributed by atoms with Crippen LogP contribution in [-0.2, 0) is 11.3 Å². The van der Waals surface area contributed by atoms with E-state index in [1.54, 1.807) is 0 Å². The Balaban J connectivity index is 1.52. The molecule has 1 spiro atoms. The van der Waals surface area contributed by atoms with E-state index in [9.17, 15) is 0 Å². The van der Waals surface area contributed by atoms with Crippen LogP contribution < -0.4 is 0 Å². The zero-order valence-corrected chi connectivity index (χ0v) is 12.9. The summed E-state index contributed by atoms with van der Waals surface area (Å²) < 4.78 is 11.8. The third kappa shape index (κ3) is 2.92. The molecular formula is C16H26N2O2. The van der Waals surface area contributed by atoms with E-state index < -0.39 is 0 Å². The van der Waals surface area contributed by atoms with Crippen LogP contribution in [0.5, 0.6) is 0 Å². The summed E-state index contributed by atoms with van der Waals surface area (Å²) in [5.74, 6) is 2.08. The molecule has 2 aliphatic heterocycles. The second-order valence-corrected chi connectivity index (χ2v) is 6.60. The summed E-state index contributed by atoms with van der Waals surface area (Å²) in [6.45, 7) is 6.05. The lowest BCUT2D eigenvalue weighted by atomic mass is 9.87. The molecule has 2 aliphatic rings. The van der Waals surface area contributed by atoms with Crippen LogP contribution in [0.2, 0.25) is 0 Å². The SMILES string of the molecule is Cc1ccc(CN2CCC3(CC2)C[C@H](N(C)C)CO3)o1. The summed E-state index contributed by atoms with van der Waals surface area (Å²) >= 11 is 0. The second-order valence-electron chi connectivity index (χ2n) is 6.60. The van der Waals surface area contributed by atoms with E-state index in [0.29, 0.717) is 6.04 Å². The van der Waals surface area contributed by atoms with Gasteiger partial charge >= 0.3 is 0 Å². The van der Waals surface area contributed by atoms with Crippen molar-refractivity contribution in [1.29, 1.82) is 0 Å². The Morgan fingerprint density at radius 2 is 2.05 bits per heavy atom. The first-order valence-electron chi connectivity index (χ1n) is 7.64. The van der Waals surface area contributed by atoms with E-state index in [0.717, 1.165) is 50.6 Å². The van der Waals surface area contributed by atoms with Crippen LogP contribution in [0, 0.1) is 6.92 Å².